The third kappa shape index (κ3) is 4.90. The van der Waals surface area contributed by atoms with E-state index in [0.717, 1.165) is 30.5 Å². The van der Waals surface area contributed by atoms with Crippen LogP contribution in [0, 0.1) is 11.3 Å². The molecule has 1 aromatic carbocycles. The number of pyridine rings is 1. The topological polar surface area (TPSA) is 83.7 Å². The third-order valence-corrected chi connectivity index (χ3v) is 6.94. The number of halogens is 3. The Morgan fingerprint density at radius 1 is 1.11 bits per heavy atom. The number of aromatic nitrogens is 2. The maximum atomic E-state index is 13.0. The second kappa shape index (κ2) is 9.36. The number of fused-ring (bicyclic) bond motifs is 1. The lowest BCUT2D eigenvalue weighted by atomic mass is 9.50. The predicted molar refractivity (Wildman–Crippen MR) is 124 cm³/mol. The summed E-state index contributed by atoms with van der Waals surface area (Å²) in [5.74, 6) is -1.32. The molecule has 0 aliphatic heterocycles. The lowest BCUT2D eigenvalue weighted by molar-refractivity contribution is -0.155. The molecule has 1 amide bonds. The van der Waals surface area contributed by atoms with Crippen LogP contribution in [-0.4, -0.2) is 32.4 Å². The van der Waals surface area contributed by atoms with Crippen molar-refractivity contribution in [3.63, 3.8) is 0 Å². The largest absolute Gasteiger partial charge is 0.481 e. The quantitative estimate of drug-likeness (QED) is 0.509. The van der Waals surface area contributed by atoms with Crippen molar-refractivity contribution in [1.29, 1.82) is 0 Å². The van der Waals surface area contributed by atoms with Crippen molar-refractivity contribution in [2.45, 2.75) is 58.2 Å². The van der Waals surface area contributed by atoms with Gasteiger partial charge in [-0.05, 0) is 66.8 Å². The van der Waals surface area contributed by atoms with Gasteiger partial charge in [0.2, 0.25) is 0 Å². The first-order valence-corrected chi connectivity index (χ1v) is 11.8. The van der Waals surface area contributed by atoms with Crippen LogP contribution in [0.2, 0.25) is 0 Å². The lowest BCUT2D eigenvalue weighted by Crippen LogP contribution is -2.57. The first kappa shape index (κ1) is 24.8. The van der Waals surface area contributed by atoms with Crippen LogP contribution < -0.4 is 5.32 Å². The number of carboxylic acids is 1. The molecule has 0 atom stereocenters. The molecule has 2 heterocycles. The van der Waals surface area contributed by atoms with Crippen LogP contribution in [0.5, 0.6) is 0 Å². The maximum Gasteiger partial charge on any atom is 0.416 e. The van der Waals surface area contributed by atoms with Gasteiger partial charge in [0.05, 0.1) is 17.0 Å². The van der Waals surface area contributed by atoms with Crippen LogP contribution in [0.3, 0.4) is 0 Å². The monoisotopic (exact) mass is 487 g/mol. The van der Waals surface area contributed by atoms with Gasteiger partial charge in [-0.25, -0.2) is 4.98 Å². The molecule has 2 aliphatic rings. The second-order valence-corrected chi connectivity index (χ2v) is 9.28. The summed E-state index contributed by atoms with van der Waals surface area (Å²) in [5, 5.41) is 12.1. The summed E-state index contributed by atoms with van der Waals surface area (Å²) in [6.45, 7) is 4.00. The number of carboxylic acid groups (broad SMARTS) is 1. The Morgan fingerprint density at radius 3 is 2.37 bits per heavy atom. The molecule has 5 rings (SSSR count). The van der Waals surface area contributed by atoms with Crippen molar-refractivity contribution in [1.82, 2.24) is 14.7 Å². The highest BCUT2D eigenvalue weighted by atomic mass is 19.4. The molecule has 0 saturated heterocycles. The van der Waals surface area contributed by atoms with E-state index in [9.17, 15) is 22.8 Å². The fourth-order valence-electron chi connectivity index (χ4n) is 5.30. The van der Waals surface area contributed by atoms with Gasteiger partial charge in [-0.1, -0.05) is 32.0 Å². The summed E-state index contributed by atoms with van der Waals surface area (Å²) in [7, 11) is 0. The predicted octanol–water partition coefficient (Wildman–Crippen LogP) is 5.34. The van der Waals surface area contributed by atoms with Gasteiger partial charge in [0.15, 0.2) is 5.69 Å². The van der Waals surface area contributed by atoms with Crippen molar-refractivity contribution in [2.24, 2.45) is 11.3 Å². The Kier molecular flexibility index (Phi) is 6.62. The highest BCUT2D eigenvalue weighted by molar-refractivity contribution is 6.00. The summed E-state index contributed by atoms with van der Waals surface area (Å²) in [5.41, 5.74) is 1.73. The van der Waals surface area contributed by atoms with Crippen molar-refractivity contribution in [2.75, 3.05) is 0 Å². The number of amides is 1. The van der Waals surface area contributed by atoms with E-state index in [4.69, 9.17) is 5.11 Å². The van der Waals surface area contributed by atoms with Gasteiger partial charge in [0.25, 0.3) is 5.91 Å². The van der Waals surface area contributed by atoms with Crippen molar-refractivity contribution in [3.05, 3.63) is 71.3 Å². The average molecular weight is 488 g/mol. The molecule has 9 heteroatoms. The van der Waals surface area contributed by atoms with E-state index in [0.29, 0.717) is 30.3 Å². The first-order chi connectivity index (χ1) is 16.6. The summed E-state index contributed by atoms with van der Waals surface area (Å²) >= 11 is 0. The fraction of sp³-hybridized carbons (Fsp3) is 0.423. The zero-order valence-electron chi connectivity index (χ0n) is 19.6. The molecule has 35 heavy (non-hydrogen) atoms. The Bertz CT molecular complexity index is 1220. The molecular weight excluding hydrogens is 459 g/mol. The molecule has 2 fully saturated rings. The maximum absolute atomic E-state index is 13.0. The van der Waals surface area contributed by atoms with Gasteiger partial charge in [-0.2, -0.15) is 13.2 Å². The summed E-state index contributed by atoms with van der Waals surface area (Å²) in [6.07, 6.45) is 2.17. The molecule has 1 spiro atoms. The number of alkyl halides is 3. The average Bonchev–Trinajstić information content (AvgIpc) is 3.20. The minimum absolute atomic E-state index is 0.00827. The number of imidazole rings is 1. The van der Waals surface area contributed by atoms with Gasteiger partial charge < -0.3 is 14.8 Å². The number of nitrogens with zero attached hydrogens (tertiary/aromatic N) is 2. The van der Waals surface area contributed by atoms with E-state index in [1.54, 1.807) is 23.0 Å². The van der Waals surface area contributed by atoms with Gasteiger partial charge in [-0.3, -0.25) is 9.59 Å². The van der Waals surface area contributed by atoms with Gasteiger partial charge >= 0.3 is 12.1 Å². The van der Waals surface area contributed by atoms with Gasteiger partial charge in [0, 0.05) is 12.2 Å². The Morgan fingerprint density at radius 2 is 1.77 bits per heavy atom. The van der Waals surface area contributed by atoms with Crippen molar-refractivity contribution >= 4 is 17.4 Å². The number of aliphatic carboxylic acids is 1. The lowest BCUT2D eigenvalue weighted by Gasteiger charge is -2.56. The minimum Gasteiger partial charge on any atom is -0.481 e. The first-order valence-electron chi connectivity index (χ1n) is 11.8. The smallest absolute Gasteiger partial charge is 0.416 e. The number of hydrogen-bond donors (Lipinski definition) is 2. The number of nitrogens with one attached hydrogen (secondary N) is 1. The fourth-order valence-corrected chi connectivity index (χ4v) is 5.30. The van der Waals surface area contributed by atoms with Crippen LogP contribution in [-0.2, 0) is 17.4 Å². The SMILES string of the molecule is CC.O=C(NC1CC2(C1)CC(C(=O)O)C2)c1ncn2cccc(Cc3ccc(C(F)(F)F)cc3)c12. The second-order valence-electron chi connectivity index (χ2n) is 9.28. The normalized spacial score (nSPS) is 23.1. The summed E-state index contributed by atoms with van der Waals surface area (Å²) in [6, 6.07) is 8.64. The molecule has 3 aromatic rings. The van der Waals surface area contributed by atoms with Gasteiger partial charge in [0.1, 0.15) is 6.33 Å². The van der Waals surface area contributed by atoms with E-state index in [-0.39, 0.29) is 29.0 Å². The molecule has 0 radical (unpaired) electrons. The number of carbonyl (C=O) groups excluding carboxylic acids is 1. The summed E-state index contributed by atoms with van der Waals surface area (Å²) in [4.78, 5) is 28.3. The molecule has 2 aliphatic carbocycles. The molecular formula is C26H28F3N3O3. The Hall–Kier alpha value is -3.36. The van der Waals surface area contributed by atoms with Crippen LogP contribution >= 0.6 is 0 Å². The molecule has 6 nitrogen and oxygen atoms in total. The highest BCUT2D eigenvalue weighted by Gasteiger charge is 2.55. The Balaban J connectivity index is 0.00000141. The number of benzene rings is 1. The van der Waals surface area contributed by atoms with Crippen LogP contribution in [0.4, 0.5) is 13.2 Å². The standard InChI is InChI=1S/C24H22F3N3O3.C2H6/c25-24(26,27)17-5-3-14(4-6-17)8-15-2-1-7-30-13-28-19(20(15)30)21(31)29-18-11-23(12-18)9-16(10-23)22(32)33;1-2/h1-7,13,16,18H,8-12H2,(H,29,31)(H,32,33);1-2H3. The van der Waals surface area contributed by atoms with E-state index in [1.807, 2.05) is 19.9 Å². The molecule has 2 aromatic heterocycles. The molecule has 0 unspecified atom stereocenters. The summed E-state index contributed by atoms with van der Waals surface area (Å²) < 4.78 is 40.3. The van der Waals surface area contributed by atoms with E-state index >= 15 is 0 Å². The Labute approximate surface area is 201 Å². The van der Waals surface area contributed by atoms with Crippen molar-refractivity contribution < 1.29 is 27.9 Å². The van der Waals surface area contributed by atoms with E-state index < -0.39 is 17.7 Å². The molecule has 2 N–H and O–H groups in total. The van der Waals surface area contributed by atoms with Crippen LogP contribution in [0.25, 0.3) is 5.52 Å². The number of rotatable bonds is 5. The van der Waals surface area contributed by atoms with E-state index in [1.165, 1.54) is 12.1 Å². The number of hydrogen-bond acceptors (Lipinski definition) is 3. The zero-order valence-corrected chi connectivity index (χ0v) is 19.6. The third-order valence-electron chi connectivity index (χ3n) is 6.94. The van der Waals surface area contributed by atoms with Crippen LogP contribution in [0.1, 0.15) is 66.7 Å². The minimum atomic E-state index is -4.39. The zero-order chi connectivity index (χ0) is 25.4. The molecule has 0 bridgehead atoms. The van der Waals surface area contributed by atoms with Crippen molar-refractivity contribution in [3.8, 4) is 0 Å². The van der Waals surface area contributed by atoms with Gasteiger partial charge in [-0.15, -0.1) is 0 Å². The molecule has 2 saturated carbocycles. The highest BCUT2D eigenvalue weighted by Crippen LogP contribution is 2.58. The van der Waals surface area contributed by atoms with Crippen LogP contribution in [0.15, 0.2) is 48.9 Å². The molecule has 186 valence electrons. The van der Waals surface area contributed by atoms with E-state index in [2.05, 4.69) is 10.3 Å². The number of carbonyl (C=O) groups is 2.